The van der Waals surface area contributed by atoms with Gasteiger partial charge in [0.1, 0.15) is 5.54 Å². The Balaban J connectivity index is 2.33. The molecule has 1 aliphatic carbocycles. The number of nitrogens with one attached hydrogen (secondary N) is 1. The predicted molar refractivity (Wildman–Crippen MR) is 76.7 cm³/mol. The van der Waals surface area contributed by atoms with Gasteiger partial charge in [0.2, 0.25) is 0 Å². The van der Waals surface area contributed by atoms with Crippen LogP contribution in [0.2, 0.25) is 0 Å². The van der Waals surface area contributed by atoms with Gasteiger partial charge < -0.3 is 16.2 Å². The molecule has 1 fully saturated rings. The van der Waals surface area contributed by atoms with Gasteiger partial charge in [-0.25, -0.2) is 4.79 Å². The highest BCUT2D eigenvalue weighted by atomic mass is 16.4. The molecule has 1 aromatic rings. The number of carboxylic acid groups (broad SMARTS) is 1. The molecule has 1 amide bonds. The topological polar surface area (TPSA) is 92.4 Å². The molecule has 20 heavy (non-hydrogen) atoms. The Morgan fingerprint density at radius 1 is 1.10 bits per heavy atom. The zero-order chi connectivity index (χ0) is 14.6. The Morgan fingerprint density at radius 2 is 1.70 bits per heavy atom. The molecule has 1 saturated carbocycles. The first-order valence-corrected chi connectivity index (χ1v) is 6.95. The van der Waals surface area contributed by atoms with Crippen molar-refractivity contribution in [2.45, 2.75) is 44.1 Å². The largest absolute Gasteiger partial charge is 0.480 e. The van der Waals surface area contributed by atoms with E-state index in [0.717, 1.165) is 25.7 Å². The Bertz CT molecular complexity index is 506. The van der Waals surface area contributed by atoms with Crippen LogP contribution in [0.1, 0.15) is 48.9 Å². The summed E-state index contributed by atoms with van der Waals surface area (Å²) in [6.45, 7) is 0. The second kappa shape index (κ2) is 5.94. The monoisotopic (exact) mass is 276 g/mol. The summed E-state index contributed by atoms with van der Waals surface area (Å²) in [5, 5.41) is 12.7. The summed E-state index contributed by atoms with van der Waals surface area (Å²) in [7, 11) is 0. The van der Waals surface area contributed by atoms with Crippen LogP contribution >= 0.6 is 0 Å². The molecule has 1 aliphatic rings. The Kier molecular flexibility index (Phi) is 4.27. The summed E-state index contributed by atoms with van der Waals surface area (Å²) in [6, 6.07) is 6.79. The molecule has 0 bridgehead atoms. The van der Waals surface area contributed by atoms with Crippen LogP contribution in [0.25, 0.3) is 0 Å². The van der Waals surface area contributed by atoms with Gasteiger partial charge in [-0.2, -0.15) is 0 Å². The van der Waals surface area contributed by atoms with Gasteiger partial charge in [0.15, 0.2) is 0 Å². The van der Waals surface area contributed by atoms with Crippen LogP contribution < -0.4 is 11.1 Å². The molecule has 0 atom stereocenters. The van der Waals surface area contributed by atoms with Crippen LogP contribution in [0.4, 0.5) is 5.69 Å². The molecule has 0 unspecified atom stereocenters. The van der Waals surface area contributed by atoms with Gasteiger partial charge in [-0.1, -0.05) is 37.8 Å². The second-order valence-electron chi connectivity index (χ2n) is 5.34. The van der Waals surface area contributed by atoms with Crippen molar-refractivity contribution in [3.63, 3.8) is 0 Å². The maximum atomic E-state index is 11.7. The van der Waals surface area contributed by atoms with Crippen molar-refractivity contribution in [1.82, 2.24) is 0 Å². The highest BCUT2D eigenvalue weighted by molar-refractivity contribution is 5.99. The third-order valence-electron chi connectivity index (χ3n) is 3.93. The molecule has 0 heterocycles. The quantitative estimate of drug-likeness (QED) is 0.736. The van der Waals surface area contributed by atoms with Crippen LogP contribution in [-0.4, -0.2) is 22.5 Å². The minimum atomic E-state index is -0.998. The fraction of sp³-hybridized carbons (Fsp3) is 0.467. The molecule has 1 aromatic carbocycles. The highest BCUT2D eigenvalue weighted by Crippen LogP contribution is 2.32. The Labute approximate surface area is 118 Å². The number of hydrogen-bond donors (Lipinski definition) is 3. The van der Waals surface area contributed by atoms with E-state index < -0.39 is 17.4 Å². The summed E-state index contributed by atoms with van der Waals surface area (Å²) in [5.41, 5.74) is 5.18. The molecule has 0 spiro atoms. The lowest BCUT2D eigenvalue weighted by Crippen LogP contribution is -2.46. The number of carboxylic acids is 1. The second-order valence-corrected chi connectivity index (χ2v) is 5.34. The fourth-order valence-corrected chi connectivity index (χ4v) is 2.79. The van der Waals surface area contributed by atoms with E-state index in [9.17, 15) is 14.7 Å². The van der Waals surface area contributed by atoms with Gasteiger partial charge in [-0.3, -0.25) is 4.79 Å². The van der Waals surface area contributed by atoms with E-state index in [4.69, 9.17) is 5.73 Å². The molecule has 108 valence electrons. The van der Waals surface area contributed by atoms with E-state index in [1.165, 1.54) is 0 Å². The van der Waals surface area contributed by atoms with Gasteiger partial charge in [0.05, 0.1) is 5.56 Å². The van der Waals surface area contributed by atoms with E-state index in [-0.39, 0.29) is 0 Å². The van der Waals surface area contributed by atoms with E-state index in [0.29, 0.717) is 24.1 Å². The zero-order valence-corrected chi connectivity index (χ0v) is 11.4. The van der Waals surface area contributed by atoms with Gasteiger partial charge in [0, 0.05) is 5.69 Å². The van der Waals surface area contributed by atoms with Crippen LogP contribution in [0.3, 0.4) is 0 Å². The van der Waals surface area contributed by atoms with Gasteiger partial charge >= 0.3 is 5.97 Å². The summed E-state index contributed by atoms with van der Waals surface area (Å²) in [4.78, 5) is 23.2. The molecule has 4 N–H and O–H groups in total. The molecule has 0 saturated heterocycles. The van der Waals surface area contributed by atoms with Crippen LogP contribution in [-0.2, 0) is 4.79 Å². The first kappa shape index (κ1) is 14.4. The molecule has 5 nitrogen and oxygen atoms in total. The summed E-state index contributed by atoms with van der Waals surface area (Å²) in [6.07, 6.45) is 4.98. The van der Waals surface area contributed by atoms with Crippen molar-refractivity contribution in [2.75, 3.05) is 5.32 Å². The molecule has 5 heteroatoms. The van der Waals surface area contributed by atoms with Crippen molar-refractivity contribution in [1.29, 1.82) is 0 Å². The average Bonchev–Trinajstić information content (AvgIpc) is 2.66. The number of carbonyl (C=O) groups is 2. The standard InChI is InChI=1S/C15H20N2O3/c16-13(18)11-7-3-4-8-12(11)17-15(14(19)20)9-5-1-2-6-10-15/h3-4,7-8,17H,1-2,5-6,9-10H2,(H2,16,18)(H,19,20). The van der Waals surface area contributed by atoms with Crippen LogP contribution in [0.5, 0.6) is 0 Å². The van der Waals surface area contributed by atoms with Crippen molar-refractivity contribution >= 4 is 17.6 Å². The number of rotatable bonds is 4. The summed E-state index contributed by atoms with van der Waals surface area (Å²) >= 11 is 0. The van der Waals surface area contributed by atoms with Gasteiger partial charge in [0.25, 0.3) is 5.91 Å². The predicted octanol–water partition coefficient (Wildman–Crippen LogP) is 2.38. The average molecular weight is 276 g/mol. The van der Waals surface area contributed by atoms with Crippen molar-refractivity contribution in [3.05, 3.63) is 29.8 Å². The lowest BCUT2D eigenvalue weighted by molar-refractivity contribution is -0.142. The number of benzene rings is 1. The minimum absolute atomic E-state index is 0.331. The molecule has 0 radical (unpaired) electrons. The fourth-order valence-electron chi connectivity index (χ4n) is 2.79. The van der Waals surface area contributed by atoms with E-state index in [1.54, 1.807) is 24.3 Å². The number of primary amides is 1. The third-order valence-corrected chi connectivity index (χ3v) is 3.93. The lowest BCUT2D eigenvalue weighted by atomic mass is 9.89. The smallest absolute Gasteiger partial charge is 0.329 e. The number of amides is 1. The SMILES string of the molecule is NC(=O)c1ccccc1NC1(C(=O)O)CCCCCC1. The molecular formula is C15H20N2O3. The number of carbonyl (C=O) groups excluding carboxylic acids is 1. The van der Waals surface area contributed by atoms with Crippen molar-refractivity contribution in [3.8, 4) is 0 Å². The highest BCUT2D eigenvalue weighted by Gasteiger charge is 2.39. The number of hydrogen-bond acceptors (Lipinski definition) is 3. The lowest BCUT2D eigenvalue weighted by Gasteiger charge is -2.31. The maximum Gasteiger partial charge on any atom is 0.329 e. The van der Waals surface area contributed by atoms with E-state index in [2.05, 4.69) is 5.32 Å². The molecule has 2 rings (SSSR count). The van der Waals surface area contributed by atoms with Crippen molar-refractivity contribution < 1.29 is 14.7 Å². The normalized spacial score (nSPS) is 18.0. The van der Waals surface area contributed by atoms with Gasteiger partial charge in [-0.05, 0) is 25.0 Å². The first-order chi connectivity index (χ1) is 9.55. The van der Waals surface area contributed by atoms with Crippen LogP contribution in [0.15, 0.2) is 24.3 Å². The Morgan fingerprint density at radius 3 is 2.25 bits per heavy atom. The molecule has 0 aromatic heterocycles. The van der Waals surface area contributed by atoms with Crippen molar-refractivity contribution in [2.24, 2.45) is 5.73 Å². The number of para-hydroxylation sites is 1. The number of nitrogens with two attached hydrogens (primary N) is 1. The Hall–Kier alpha value is -2.04. The first-order valence-electron chi connectivity index (χ1n) is 6.95. The van der Waals surface area contributed by atoms with E-state index >= 15 is 0 Å². The van der Waals surface area contributed by atoms with Crippen LogP contribution in [0, 0.1) is 0 Å². The summed E-state index contributed by atoms with van der Waals surface area (Å²) in [5.74, 6) is -1.42. The third kappa shape index (κ3) is 2.92. The number of anilines is 1. The number of aliphatic carboxylic acids is 1. The zero-order valence-electron chi connectivity index (χ0n) is 11.4. The van der Waals surface area contributed by atoms with Gasteiger partial charge in [-0.15, -0.1) is 0 Å². The van der Waals surface area contributed by atoms with E-state index in [1.807, 2.05) is 0 Å². The minimum Gasteiger partial charge on any atom is -0.480 e. The molecule has 0 aliphatic heterocycles. The molecular weight excluding hydrogens is 256 g/mol. The summed E-state index contributed by atoms with van der Waals surface area (Å²) < 4.78 is 0. The maximum absolute atomic E-state index is 11.7.